The first-order valence-corrected chi connectivity index (χ1v) is 7.82. The number of rotatable bonds is 5. The van der Waals surface area contributed by atoms with Crippen LogP contribution in [0.5, 0.6) is 5.75 Å². The van der Waals surface area contributed by atoms with E-state index in [0.717, 1.165) is 22.3 Å². The third-order valence-electron chi connectivity index (χ3n) is 3.34. The molecule has 0 bridgehead atoms. The normalized spacial score (nSPS) is 16.3. The molecule has 0 unspecified atom stereocenters. The molecule has 1 heterocycles. The van der Waals surface area contributed by atoms with Gasteiger partial charge in [-0.15, -0.1) is 0 Å². The number of nitrogens with zero attached hydrogens (tertiary/aromatic N) is 1. The third kappa shape index (κ3) is 4.16. The summed E-state index contributed by atoms with van der Waals surface area (Å²) in [6.45, 7) is 4.00. The van der Waals surface area contributed by atoms with Crippen LogP contribution in [0.1, 0.15) is 24.8 Å². The summed E-state index contributed by atoms with van der Waals surface area (Å²) in [5.41, 5.74) is 6.53. The van der Waals surface area contributed by atoms with Gasteiger partial charge in [0.05, 0.1) is 5.56 Å². The van der Waals surface area contributed by atoms with Gasteiger partial charge in [-0.3, -0.25) is 4.90 Å². The molecule has 0 aliphatic carbocycles. The van der Waals surface area contributed by atoms with Crippen molar-refractivity contribution in [1.29, 1.82) is 0 Å². The molecule has 0 spiro atoms. The van der Waals surface area contributed by atoms with E-state index in [1.54, 1.807) is 0 Å². The van der Waals surface area contributed by atoms with E-state index in [1.165, 1.54) is 32.4 Å². The highest BCUT2D eigenvalue weighted by atomic mass is 79.9. The molecule has 0 amide bonds. The van der Waals surface area contributed by atoms with Gasteiger partial charge in [0.2, 0.25) is 0 Å². The Hall–Kier alpha value is -0.650. The highest BCUT2D eigenvalue weighted by molar-refractivity contribution is 9.10. The molecule has 2 N–H and O–H groups in total. The Morgan fingerprint density at radius 1 is 1.32 bits per heavy atom. The Morgan fingerprint density at radius 2 is 2.05 bits per heavy atom. The summed E-state index contributed by atoms with van der Waals surface area (Å²) in [5, 5.41) is 0. The van der Waals surface area contributed by atoms with Crippen LogP contribution >= 0.6 is 28.1 Å². The number of ether oxygens (including phenoxy) is 1. The summed E-state index contributed by atoms with van der Waals surface area (Å²) in [5.74, 6) is 0.763. The maximum absolute atomic E-state index is 5.84. The number of halogens is 1. The first kappa shape index (κ1) is 14.8. The fourth-order valence-corrected chi connectivity index (χ4v) is 3.23. The van der Waals surface area contributed by atoms with Crippen LogP contribution in [0.15, 0.2) is 22.7 Å². The highest BCUT2D eigenvalue weighted by Crippen LogP contribution is 2.26. The fraction of sp³-hybridized carbons (Fsp3) is 0.500. The first-order chi connectivity index (χ1) is 9.18. The molecule has 0 atom stereocenters. The van der Waals surface area contributed by atoms with Gasteiger partial charge in [-0.25, -0.2) is 0 Å². The predicted molar refractivity (Wildman–Crippen MR) is 85.8 cm³/mol. The molecule has 104 valence electrons. The maximum atomic E-state index is 5.84. The van der Waals surface area contributed by atoms with Crippen LogP contribution in [0.3, 0.4) is 0 Å². The Kier molecular flexibility index (Phi) is 5.60. The Morgan fingerprint density at radius 3 is 2.74 bits per heavy atom. The van der Waals surface area contributed by atoms with Crippen molar-refractivity contribution >= 4 is 33.1 Å². The van der Waals surface area contributed by atoms with Crippen molar-refractivity contribution in [1.82, 2.24) is 4.90 Å². The first-order valence-electron chi connectivity index (χ1n) is 6.62. The molecular weight excluding hydrogens is 324 g/mol. The molecule has 3 nitrogen and oxygen atoms in total. The molecule has 0 aromatic heterocycles. The zero-order valence-corrected chi connectivity index (χ0v) is 13.3. The number of piperidine rings is 1. The van der Waals surface area contributed by atoms with Crippen molar-refractivity contribution in [2.45, 2.75) is 19.3 Å². The van der Waals surface area contributed by atoms with Crippen molar-refractivity contribution in [2.24, 2.45) is 5.73 Å². The van der Waals surface area contributed by atoms with E-state index in [9.17, 15) is 0 Å². The van der Waals surface area contributed by atoms with E-state index in [1.807, 2.05) is 18.2 Å². The summed E-state index contributed by atoms with van der Waals surface area (Å²) in [7, 11) is 0. The lowest BCUT2D eigenvalue weighted by molar-refractivity contribution is 0.183. The second-order valence-corrected chi connectivity index (χ2v) is 6.02. The Labute approximate surface area is 128 Å². The average molecular weight is 343 g/mol. The maximum Gasteiger partial charge on any atom is 0.130 e. The molecule has 1 aliphatic rings. The molecule has 1 aromatic rings. The standard InChI is InChI=1S/C14H19BrN2OS/c15-11-5-4-6-12(13(11)14(16)19)18-10-9-17-7-2-1-3-8-17/h4-6H,1-3,7-10H2,(H2,16,19). The van der Waals surface area contributed by atoms with Gasteiger partial charge in [0.15, 0.2) is 0 Å². The van der Waals surface area contributed by atoms with E-state index >= 15 is 0 Å². The minimum absolute atomic E-state index is 0.362. The van der Waals surface area contributed by atoms with Gasteiger partial charge in [-0.1, -0.05) is 24.7 Å². The Bertz CT molecular complexity index is 447. The monoisotopic (exact) mass is 342 g/mol. The third-order valence-corrected chi connectivity index (χ3v) is 4.20. The summed E-state index contributed by atoms with van der Waals surface area (Å²) < 4.78 is 6.73. The second-order valence-electron chi connectivity index (χ2n) is 4.73. The van der Waals surface area contributed by atoms with E-state index in [0.29, 0.717) is 11.6 Å². The number of thiocarbonyl (C=S) groups is 1. The zero-order chi connectivity index (χ0) is 13.7. The van der Waals surface area contributed by atoms with E-state index in [-0.39, 0.29) is 0 Å². The van der Waals surface area contributed by atoms with E-state index in [4.69, 9.17) is 22.7 Å². The van der Waals surface area contributed by atoms with Crippen LogP contribution in [0.2, 0.25) is 0 Å². The van der Waals surface area contributed by atoms with Crippen LogP contribution in [0, 0.1) is 0 Å². The smallest absolute Gasteiger partial charge is 0.130 e. The van der Waals surface area contributed by atoms with E-state index < -0.39 is 0 Å². The van der Waals surface area contributed by atoms with Gasteiger partial charge in [-0.05, 0) is 54.0 Å². The van der Waals surface area contributed by atoms with Crippen LogP contribution in [0.25, 0.3) is 0 Å². The molecule has 0 radical (unpaired) electrons. The number of likely N-dealkylation sites (tertiary alicyclic amines) is 1. The summed E-state index contributed by atoms with van der Waals surface area (Å²) in [6.07, 6.45) is 3.96. The molecule has 1 saturated heterocycles. The van der Waals surface area contributed by atoms with Crippen molar-refractivity contribution in [2.75, 3.05) is 26.2 Å². The summed E-state index contributed by atoms with van der Waals surface area (Å²) >= 11 is 8.53. The van der Waals surface area contributed by atoms with Gasteiger partial charge in [0, 0.05) is 11.0 Å². The van der Waals surface area contributed by atoms with Gasteiger partial charge < -0.3 is 10.5 Å². The highest BCUT2D eigenvalue weighted by Gasteiger charge is 2.12. The minimum atomic E-state index is 0.362. The largest absolute Gasteiger partial charge is 0.491 e. The molecule has 1 aliphatic heterocycles. The lowest BCUT2D eigenvalue weighted by Crippen LogP contribution is -2.33. The van der Waals surface area contributed by atoms with Crippen molar-refractivity contribution in [3.8, 4) is 5.75 Å². The van der Waals surface area contributed by atoms with Crippen molar-refractivity contribution in [3.05, 3.63) is 28.2 Å². The summed E-state index contributed by atoms with van der Waals surface area (Å²) in [4.78, 5) is 2.81. The van der Waals surface area contributed by atoms with Crippen LogP contribution in [-0.2, 0) is 0 Å². The molecular formula is C14H19BrN2OS. The van der Waals surface area contributed by atoms with E-state index in [2.05, 4.69) is 20.8 Å². The zero-order valence-electron chi connectivity index (χ0n) is 10.9. The number of nitrogens with two attached hydrogens (primary N) is 1. The minimum Gasteiger partial charge on any atom is -0.491 e. The quantitative estimate of drug-likeness (QED) is 0.835. The van der Waals surface area contributed by atoms with Gasteiger partial charge in [0.25, 0.3) is 0 Å². The lowest BCUT2D eigenvalue weighted by atomic mass is 10.1. The van der Waals surface area contributed by atoms with Crippen molar-refractivity contribution in [3.63, 3.8) is 0 Å². The second kappa shape index (κ2) is 7.22. The van der Waals surface area contributed by atoms with Crippen LogP contribution < -0.4 is 10.5 Å². The van der Waals surface area contributed by atoms with Gasteiger partial charge in [0.1, 0.15) is 17.3 Å². The average Bonchev–Trinajstić information content (AvgIpc) is 2.39. The number of hydrogen-bond acceptors (Lipinski definition) is 3. The molecule has 19 heavy (non-hydrogen) atoms. The van der Waals surface area contributed by atoms with Gasteiger partial charge in [-0.2, -0.15) is 0 Å². The van der Waals surface area contributed by atoms with Crippen LogP contribution in [0.4, 0.5) is 0 Å². The van der Waals surface area contributed by atoms with Crippen LogP contribution in [-0.4, -0.2) is 36.1 Å². The molecule has 2 rings (SSSR count). The lowest BCUT2D eigenvalue weighted by Gasteiger charge is -2.26. The predicted octanol–water partition coefficient (Wildman–Crippen LogP) is 2.95. The number of benzene rings is 1. The fourth-order valence-electron chi connectivity index (χ4n) is 2.33. The summed E-state index contributed by atoms with van der Waals surface area (Å²) in [6, 6.07) is 5.77. The molecule has 5 heteroatoms. The number of hydrogen-bond donors (Lipinski definition) is 1. The molecule has 1 fully saturated rings. The topological polar surface area (TPSA) is 38.5 Å². The SMILES string of the molecule is NC(=S)c1c(Br)cccc1OCCN1CCCCC1. The van der Waals surface area contributed by atoms with Gasteiger partial charge >= 0.3 is 0 Å². The van der Waals surface area contributed by atoms with Crippen molar-refractivity contribution < 1.29 is 4.74 Å². The molecule has 0 saturated carbocycles. The Balaban J connectivity index is 1.92. The molecule has 1 aromatic carbocycles.